The molecule has 4 rings (SSSR count). The zero-order valence-electron chi connectivity index (χ0n) is 17.4. The lowest BCUT2D eigenvalue weighted by Crippen LogP contribution is -2.12. The number of halogens is 1. The molecule has 0 atom stereocenters. The molecule has 0 radical (unpaired) electrons. The molecule has 164 valence electrons. The fourth-order valence-corrected chi connectivity index (χ4v) is 3.78. The molecule has 4 aromatic rings. The molecule has 0 aliphatic heterocycles. The smallest absolute Gasteiger partial charge is 0.321 e. The maximum absolute atomic E-state index is 13.4. The molecule has 0 spiro atoms. The monoisotopic (exact) mass is 460 g/mol. The third kappa shape index (κ3) is 5.02. The van der Waals surface area contributed by atoms with Crippen molar-refractivity contribution >= 4 is 17.7 Å². The van der Waals surface area contributed by atoms with Crippen LogP contribution in [0.25, 0.3) is 17.1 Å². The van der Waals surface area contributed by atoms with E-state index in [1.165, 1.54) is 31.4 Å². The summed E-state index contributed by atoms with van der Waals surface area (Å²) in [6.07, 6.45) is 0. The minimum Gasteiger partial charge on any atom is -0.493 e. The second kappa shape index (κ2) is 9.97. The Morgan fingerprint density at radius 3 is 2.52 bits per heavy atom. The molecule has 3 aromatic carbocycles. The van der Waals surface area contributed by atoms with Crippen LogP contribution >= 0.6 is 11.8 Å². The van der Waals surface area contributed by atoms with Gasteiger partial charge in [-0.2, -0.15) is 5.26 Å². The Bertz CT molecular complexity index is 1320. The van der Waals surface area contributed by atoms with Crippen molar-refractivity contribution in [1.82, 2.24) is 14.8 Å². The van der Waals surface area contributed by atoms with Crippen LogP contribution in [-0.2, 0) is 4.79 Å². The van der Waals surface area contributed by atoms with Gasteiger partial charge in [-0.05, 0) is 48.5 Å². The van der Waals surface area contributed by atoms with Crippen molar-refractivity contribution in [3.05, 3.63) is 84.2 Å². The van der Waals surface area contributed by atoms with Crippen LogP contribution in [-0.4, -0.2) is 33.6 Å². The highest BCUT2D eigenvalue weighted by atomic mass is 32.2. The van der Waals surface area contributed by atoms with E-state index >= 15 is 0 Å². The van der Waals surface area contributed by atoms with Crippen molar-refractivity contribution in [3.8, 4) is 34.6 Å². The van der Waals surface area contributed by atoms with E-state index in [2.05, 4.69) is 10.2 Å². The highest BCUT2D eigenvalue weighted by molar-refractivity contribution is 7.99. The summed E-state index contributed by atoms with van der Waals surface area (Å²) in [7, 11) is 1.43. The number of hydrogen-bond donors (Lipinski definition) is 0. The van der Waals surface area contributed by atoms with Gasteiger partial charge in [0.1, 0.15) is 5.82 Å². The third-order valence-corrected chi connectivity index (χ3v) is 5.49. The summed E-state index contributed by atoms with van der Waals surface area (Å²) in [4.78, 5) is 12.5. The van der Waals surface area contributed by atoms with Gasteiger partial charge < -0.3 is 9.47 Å². The Labute approximate surface area is 193 Å². The molecule has 0 aliphatic carbocycles. The number of rotatable bonds is 7. The van der Waals surface area contributed by atoms with Crippen LogP contribution in [0.15, 0.2) is 78.0 Å². The molecule has 1 aromatic heterocycles. The molecule has 0 saturated heterocycles. The molecule has 33 heavy (non-hydrogen) atoms. The van der Waals surface area contributed by atoms with Crippen LogP contribution in [0.2, 0.25) is 0 Å². The minimum atomic E-state index is -0.519. The Morgan fingerprint density at radius 1 is 1.06 bits per heavy atom. The standard InChI is InChI=1S/C24H17FN4O3S/c1-31-21-13-16(14-26)7-12-20(21)32-22(30)15-33-24-28-27-23(17-8-10-18(25)11-9-17)29(24)19-5-3-2-4-6-19/h2-13H,15H2,1H3. The normalized spacial score (nSPS) is 10.5. The number of aromatic nitrogens is 3. The summed E-state index contributed by atoms with van der Waals surface area (Å²) in [5, 5.41) is 18.0. The molecule has 0 saturated carbocycles. The van der Waals surface area contributed by atoms with Crippen LogP contribution in [0.1, 0.15) is 5.56 Å². The van der Waals surface area contributed by atoms with Crippen LogP contribution in [0.5, 0.6) is 11.5 Å². The number of nitriles is 1. The summed E-state index contributed by atoms with van der Waals surface area (Å²) in [6.45, 7) is 0. The van der Waals surface area contributed by atoms with E-state index < -0.39 is 5.97 Å². The highest BCUT2D eigenvalue weighted by Crippen LogP contribution is 2.30. The van der Waals surface area contributed by atoms with Crippen molar-refractivity contribution in [2.45, 2.75) is 5.16 Å². The van der Waals surface area contributed by atoms with E-state index in [-0.39, 0.29) is 17.3 Å². The number of thioether (sulfide) groups is 1. The maximum atomic E-state index is 13.4. The van der Waals surface area contributed by atoms with Gasteiger partial charge in [-0.1, -0.05) is 30.0 Å². The second-order valence-corrected chi connectivity index (χ2v) is 7.67. The first-order valence-corrected chi connectivity index (χ1v) is 10.8. The SMILES string of the molecule is COc1cc(C#N)ccc1OC(=O)CSc1nnc(-c2ccc(F)cc2)n1-c1ccccc1. The number of hydrogen-bond acceptors (Lipinski definition) is 7. The molecule has 0 N–H and O–H groups in total. The van der Waals surface area contributed by atoms with Gasteiger partial charge in [-0.3, -0.25) is 9.36 Å². The zero-order chi connectivity index (χ0) is 23.2. The third-order valence-electron chi connectivity index (χ3n) is 4.59. The van der Waals surface area contributed by atoms with Crippen molar-refractivity contribution < 1.29 is 18.7 Å². The van der Waals surface area contributed by atoms with Gasteiger partial charge in [0.05, 0.1) is 24.5 Å². The van der Waals surface area contributed by atoms with Crippen molar-refractivity contribution in [2.24, 2.45) is 0 Å². The van der Waals surface area contributed by atoms with E-state index in [0.29, 0.717) is 27.9 Å². The Hall–Kier alpha value is -4.16. The molecule has 0 unspecified atom stereocenters. The topological polar surface area (TPSA) is 90.0 Å². The van der Waals surface area contributed by atoms with Gasteiger partial charge in [0.15, 0.2) is 22.5 Å². The Balaban J connectivity index is 1.57. The van der Waals surface area contributed by atoms with Crippen LogP contribution in [0.3, 0.4) is 0 Å². The number of para-hydroxylation sites is 1. The molecule has 0 bridgehead atoms. The van der Waals surface area contributed by atoms with Gasteiger partial charge in [0.25, 0.3) is 0 Å². The number of carbonyl (C=O) groups is 1. The summed E-state index contributed by atoms with van der Waals surface area (Å²) in [5.74, 6) is 0.120. The van der Waals surface area contributed by atoms with E-state index in [0.717, 1.165) is 17.4 Å². The molecule has 0 aliphatic rings. The van der Waals surface area contributed by atoms with Crippen LogP contribution < -0.4 is 9.47 Å². The highest BCUT2D eigenvalue weighted by Gasteiger charge is 2.18. The van der Waals surface area contributed by atoms with E-state index in [1.54, 1.807) is 22.8 Å². The van der Waals surface area contributed by atoms with E-state index in [9.17, 15) is 9.18 Å². The first kappa shape index (κ1) is 22.0. The summed E-state index contributed by atoms with van der Waals surface area (Å²) >= 11 is 1.16. The number of methoxy groups -OCH3 is 1. The molecule has 1 heterocycles. The number of nitrogens with zero attached hydrogens (tertiary/aromatic N) is 4. The number of benzene rings is 3. The molecule has 0 amide bonds. The molecular weight excluding hydrogens is 443 g/mol. The second-order valence-electron chi connectivity index (χ2n) is 6.72. The zero-order valence-corrected chi connectivity index (χ0v) is 18.3. The van der Waals surface area contributed by atoms with Gasteiger partial charge >= 0.3 is 5.97 Å². The molecule has 0 fully saturated rings. The predicted octanol–water partition coefficient (Wildman–Crippen LogP) is 4.65. The lowest BCUT2D eigenvalue weighted by Gasteiger charge is -2.11. The lowest BCUT2D eigenvalue weighted by atomic mass is 10.2. The van der Waals surface area contributed by atoms with Gasteiger partial charge in [-0.15, -0.1) is 10.2 Å². The van der Waals surface area contributed by atoms with Crippen molar-refractivity contribution in [2.75, 3.05) is 12.9 Å². The van der Waals surface area contributed by atoms with Crippen LogP contribution in [0.4, 0.5) is 4.39 Å². The van der Waals surface area contributed by atoms with Gasteiger partial charge in [-0.25, -0.2) is 4.39 Å². The maximum Gasteiger partial charge on any atom is 0.321 e. The number of carbonyl (C=O) groups excluding carboxylic acids is 1. The first-order valence-electron chi connectivity index (χ1n) is 9.77. The average Bonchev–Trinajstić information content (AvgIpc) is 3.28. The van der Waals surface area contributed by atoms with Crippen molar-refractivity contribution in [1.29, 1.82) is 5.26 Å². The minimum absolute atomic E-state index is 0.0441. The summed E-state index contributed by atoms with van der Waals surface area (Å²) in [6, 6.07) is 21.9. The van der Waals surface area contributed by atoms with Gasteiger partial charge in [0.2, 0.25) is 0 Å². The Morgan fingerprint density at radius 2 is 1.82 bits per heavy atom. The van der Waals surface area contributed by atoms with Crippen LogP contribution in [0, 0.1) is 17.1 Å². The number of ether oxygens (including phenoxy) is 2. The quantitative estimate of drug-likeness (QED) is 0.225. The Kier molecular flexibility index (Phi) is 6.66. The summed E-state index contributed by atoms with van der Waals surface area (Å²) < 4.78 is 25.8. The molecule has 9 heteroatoms. The largest absolute Gasteiger partial charge is 0.493 e. The van der Waals surface area contributed by atoms with Crippen molar-refractivity contribution in [3.63, 3.8) is 0 Å². The summed E-state index contributed by atoms with van der Waals surface area (Å²) in [5.41, 5.74) is 1.88. The fraction of sp³-hybridized carbons (Fsp3) is 0.0833. The first-order chi connectivity index (χ1) is 16.1. The van der Waals surface area contributed by atoms with E-state index in [1.807, 2.05) is 36.4 Å². The predicted molar refractivity (Wildman–Crippen MR) is 121 cm³/mol. The molecule has 7 nitrogen and oxygen atoms in total. The lowest BCUT2D eigenvalue weighted by molar-refractivity contribution is -0.131. The van der Waals surface area contributed by atoms with Gasteiger partial charge in [0, 0.05) is 17.3 Å². The van der Waals surface area contributed by atoms with E-state index in [4.69, 9.17) is 14.7 Å². The molecular formula is C24H17FN4O3S. The fourth-order valence-electron chi connectivity index (χ4n) is 3.06. The number of esters is 1. The average molecular weight is 460 g/mol.